The Morgan fingerprint density at radius 3 is 2.43 bits per heavy atom. The molecular weight excluding hydrogens is 346 g/mol. The Hall–Kier alpha value is -1.26. The fraction of sp³-hybridized carbons (Fsp3) is 0.235. The van der Waals surface area contributed by atoms with E-state index < -0.39 is 0 Å². The van der Waals surface area contributed by atoms with E-state index in [1.165, 1.54) is 11.1 Å². The second-order valence-electron chi connectivity index (χ2n) is 4.80. The van der Waals surface area contributed by atoms with Gasteiger partial charge in [0, 0.05) is 28.1 Å². The van der Waals surface area contributed by atoms with E-state index in [2.05, 4.69) is 52.4 Å². The number of thioether (sulfide) groups is 1. The van der Waals surface area contributed by atoms with E-state index in [9.17, 15) is 4.79 Å². The number of hydrogen-bond donors (Lipinski definition) is 1. The first-order valence-electron chi connectivity index (χ1n) is 6.82. The zero-order valence-electron chi connectivity index (χ0n) is 11.9. The summed E-state index contributed by atoms with van der Waals surface area (Å²) in [6.07, 6.45) is 0. The summed E-state index contributed by atoms with van der Waals surface area (Å²) in [5.74, 6) is 1.88. The maximum Gasteiger partial charge on any atom is 0.251 e. The van der Waals surface area contributed by atoms with Crippen molar-refractivity contribution in [2.75, 3.05) is 12.3 Å². The Labute approximate surface area is 138 Å². The normalized spacial score (nSPS) is 10.4. The number of benzene rings is 2. The van der Waals surface area contributed by atoms with E-state index in [4.69, 9.17) is 0 Å². The molecule has 0 unspecified atom stereocenters. The summed E-state index contributed by atoms with van der Waals surface area (Å²) in [5.41, 5.74) is 3.30. The number of hydrogen-bond acceptors (Lipinski definition) is 2. The lowest BCUT2D eigenvalue weighted by atomic mass is 10.2. The SMILES string of the molecule is Cc1ccc(CSCCNC(=O)c2ccc(Br)cc2)cc1. The van der Waals surface area contributed by atoms with Crippen LogP contribution in [-0.4, -0.2) is 18.2 Å². The molecular formula is C17H18BrNOS. The molecule has 1 N–H and O–H groups in total. The molecule has 0 spiro atoms. The van der Waals surface area contributed by atoms with Crippen LogP contribution < -0.4 is 5.32 Å². The molecule has 0 bridgehead atoms. The highest BCUT2D eigenvalue weighted by molar-refractivity contribution is 9.10. The van der Waals surface area contributed by atoms with Gasteiger partial charge in [-0.05, 0) is 36.8 Å². The quantitative estimate of drug-likeness (QED) is 0.769. The third-order valence-electron chi connectivity index (χ3n) is 3.03. The summed E-state index contributed by atoms with van der Waals surface area (Å²) in [7, 11) is 0. The molecule has 0 saturated heterocycles. The van der Waals surface area contributed by atoms with Gasteiger partial charge in [-0.2, -0.15) is 11.8 Å². The number of aryl methyl sites for hydroxylation is 1. The molecule has 1 amide bonds. The molecule has 2 rings (SSSR count). The molecule has 0 heterocycles. The Morgan fingerprint density at radius 1 is 1.10 bits per heavy atom. The number of rotatable bonds is 6. The van der Waals surface area contributed by atoms with Gasteiger partial charge in [-0.1, -0.05) is 45.8 Å². The smallest absolute Gasteiger partial charge is 0.251 e. The molecule has 0 aliphatic carbocycles. The molecule has 2 aromatic carbocycles. The second kappa shape index (κ2) is 8.25. The zero-order valence-corrected chi connectivity index (χ0v) is 14.3. The monoisotopic (exact) mass is 363 g/mol. The molecule has 4 heteroatoms. The number of amides is 1. The van der Waals surface area contributed by atoms with Gasteiger partial charge in [-0.15, -0.1) is 0 Å². The van der Waals surface area contributed by atoms with E-state index in [0.29, 0.717) is 12.1 Å². The Balaban J connectivity index is 1.66. The van der Waals surface area contributed by atoms with Crippen molar-refractivity contribution in [2.24, 2.45) is 0 Å². The third-order valence-corrected chi connectivity index (χ3v) is 4.59. The van der Waals surface area contributed by atoms with Crippen molar-refractivity contribution in [2.45, 2.75) is 12.7 Å². The fourth-order valence-corrected chi connectivity index (χ4v) is 2.90. The summed E-state index contributed by atoms with van der Waals surface area (Å²) >= 11 is 5.19. The lowest BCUT2D eigenvalue weighted by Gasteiger charge is -2.06. The molecule has 2 aromatic rings. The first-order valence-corrected chi connectivity index (χ1v) is 8.77. The molecule has 0 aliphatic rings. The first-order chi connectivity index (χ1) is 10.1. The largest absolute Gasteiger partial charge is 0.351 e. The first kappa shape index (κ1) is 16.1. The lowest BCUT2D eigenvalue weighted by molar-refractivity contribution is 0.0956. The minimum atomic E-state index is -0.0153. The van der Waals surface area contributed by atoms with Crippen LogP contribution in [0, 0.1) is 6.92 Å². The predicted molar refractivity (Wildman–Crippen MR) is 93.8 cm³/mol. The average Bonchev–Trinajstić information content (AvgIpc) is 2.49. The number of carbonyl (C=O) groups is 1. The van der Waals surface area contributed by atoms with Crippen LogP contribution >= 0.6 is 27.7 Å². The van der Waals surface area contributed by atoms with Gasteiger partial charge in [-0.25, -0.2) is 0 Å². The summed E-state index contributed by atoms with van der Waals surface area (Å²) in [5, 5.41) is 2.94. The van der Waals surface area contributed by atoms with E-state index in [-0.39, 0.29) is 5.91 Å². The molecule has 0 fully saturated rings. The number of halogens is 1. The predicted octanol–water partition coefficient (Wildman–Crippen LogP) is 4.42. The van der Waals surface area contributed by atoms with E-state index in [1.807, 2.05) is 36.0 Å². The van der Waals surface area contributed by atoms with Crippen molar-refractivity contribution < 1.29 is 4.79 Å². The van der Waals surface area contributed by atoms with Gasteiger partial charge in [0.15, 0.2) is 0 Å². The highest BCUT2D eigenvalue weighted by Gasteiger charge is 2.03. The zero-order chi connectivity index (χ0) is 15.1. The van der Waals surface area contributed by atoms with Crippen molar-refractivity contribution in [3.63, 3.8) is 0 Å². The number of nitrogens with one attached hydrogen (secondary N) is 1. The van der Waals surface area contributed by atoms with Crippen molar-refractivity contribution in [1.82, 2.24) is 5.32 Å². The van der Waals surface area contributed by atoms with Crippen LogP contribution in [0.4, 0.5) is 0 Å². The Morgan fingerprint density at radius 2 is 1.76 bits per heavy atom. The Bertz CT molecular complexity index is 581. The molecule has 21 heavy (non-hydrogen) atoms. The van der Waals surface area contributed by atoms with Crippen LogP contribution in [-0.2, 0) is 5.75 Å². The minimum absolute atomic E-state index is 0.0153. The van der Waals surface area contributed by atoms with Crippen LogP contribution in [0.15, 0.2) is 53.0 Å². The van der Waals surface area contributed by atoms with Crippen molar-refractivity contribution >= 4 is 33.6 Å². The van der Waals surface area contributed by atoms with Gasteiger partial charge in [0.2, 0.25) is 0 Å². The summed E-state index contributed by atoms with van der Waals surface area (Å²) in [4.78, 5) is 11.9. The third kappa shape index (κ3) is 5.56. The molecule has 0 atom stereocenters. The highest BCUT2D eigenvalue weighted by atomic mass is 79.9. The Kier molecular flexibility index (Phi) is 6.33. The lowest BCUT2D eigenvalue weighted by Crippen LogP contribution is -2.25. The minimum Gasteiger partial charge on any atom is -0.351 e. The van der Waals surface area contributed by atoms with Crippen LogP contribution in [0.2, 0.25) is 0 Å². The van der Waals surface area contributed by atoms with Gasteiger partial charge < -0.3 is 5.32 Å². The maximum absolute atomic E-state index is 11.9. The summed E-state index contributed by atoms with van der Waals surface area (Å²) in [6, 6.07) is 16.0. The topological polar surface area (TPSA) is 29.1 Å². The van der Waals surface area contributed by atoms with Crippen molar-refractivity contribution in [1.29, 1.82) is 0 Å². The van der Waals surface area contributed by atoms with E-state index in [0.717, 1.165) is 16.0 Å². The molecule has 0 aliphatic heterocycles. The summed E-state index contributed by atoms with van der Waals surface area (Å²) < 4.78 is 0.979. The summed E-state index contributed by atoms with van der Waals surface area (Å²) in [6.45, 7) is 2.78. The van der Waals surface area contributed by atoms with Crippen LogP contribution in [0.3, 0.4) is 0 Å². The van der Waals surface area contributed by atoms with Crippen LogP contribution in [0.25, 0.3) is 0 Å². The molecule has 0 saturated carbocycles. The second-order valence-corrected chi connectivity index (χ2v) is 6.82. The van der Waals surface area contributed by atoms with Gasteiger partial charge in [0.1, 0.15) is 0 Å². The van der Waals surface area contributed by atoms with Crippen LogP contribution in [0.5, 0.6) is 0 Å². The van der Waals surface area contributed by atoms with Gasteiger partial charge in [-0.3, -0.25) is 4.79 Å². The highest BCUT2D eigenvalue weighted by Crippen LogP contribution is 2.13. The number of carbonyl (C=O) groups excluding carboxylic acids is 1. The maximum atomic E-state index is 11.9. The molecule has 0 aromatic heterocycles. The molecule has 0 radical (unpaired) electrons. The van der Waals surface area contributed by atoms with E-state index in [1.54, 1.807) is 0 Å². The van der Waals surface area contributed by atoms with Gasteiger partial charge in [0.25, 0.3) is 5.91 Å². The standard InChI is InChI=1S/C17H18BrNOS/c1-13-2-4-14(5-3-13)12-21-11-10-19-17(20)15-6-8-16(18)9-7-15/h2-9H,10-12H2,1H3,(H,19,20). The van der Waals surface area contributed by atoms with E-state index >= 15 is 0 Å². The van der Waals surface area contributed by atoms with Crippen molar-refractivity contribution in [3.05, 3.63) is 69.7 Å². The fourth-order valence-electron chi connectivity index (χ4n) is 1.81. The molecule has 2 nitrogen and oxygen atoms in total. The van der Waals surface area contributed by atoms with Crippen LogP contribution in [0.1, 0.15) is 21.5 Å². The average molecular weight is 364 g/mol. The molecule has 110 valence electrons. The van der Waals surface area contributed by atoms with Gasteiger partial charge >= 0.3 is 0 Å². The van der Waals surface area contributed by atoms with Gasteiger partial charge in [0.05, 0.1) is 0 Å². The van der Waals surface area contributed by atoms with Crippen molar-refractivity contribution in [3.8, 4) is 0 Å².